The van der Waals surface area contributed by atoms with Gasteiger partial charge in [-0.2, -0.15) is 4.68 Å². The van der Waals surface area contributed by atoms with Crippen LogP contribution in [0.1, 0.15) is 29.0 Å². The first-order chi connectivity index (χ1) is 16.6. The van der Waals surface area contributed by atoms with Gasteiger partial charge >= 0.3 is 0 Å². The van der Waals surface area contributed by atoms with Gasteiger partial charge in [0.2, 0.25) is 5.95 Å². The molecule has 168 valence electrons. The maximum atomic E-state index is 13.5. The van der Waals surface area contributed by atoms with E-state index in [-0.39, 0.29) is 11.9 Å². The lowest BCUT2D eigenvalue weighted by Crippen LogP contribution is -2.16. The number of nitrogens with one attached hydrogen (secondary N) is 2. The second-order valence-corrected chi connectivity index (χ2v) is 7.64. The van der Waals surface area contributed by atoms with Crippen molar-refractivity contribution in [1.29, 1.82) is 0 Å². The third kappa shape index (κ3) is 4.18. The molecule has 0 unspecified atom stereocenters. The molecule has 34 heavy (non-hydrogen) atoms. The average Bonchev–Trinajstić information content (AvgIpc) is 3.56. The Hall–Kier alpha value is -4.66. The number of aromatic amines is 1. The van der Waals surface area contributed by atoms with E-state index >= 15 is 0 Å². The van der Waals surface area contributed by atoms with Crippen LogP contribution in [0.2, 0.25) is 0 Å². The molecule has 0 bridgehead atoms. The summed E-state index contributed by atoms with van der Waals surface area (Å²) in [7, 11) is 0. The largest absolute Gasteiger partial charge is 0.357 e. The summed E-state index contributed by atoms with van der Waals surface area (Å²) >= 11 is 0. The normalized spacial score (nSPS) is 11.8. The van der Waals surface area contributed by atoms with Crippen molar-refractivity contribution >= 4 is 11.9 Å². The lowest BCUT2D eigenvalue weighted by molar-refractivity contribution is 0.0940. The van der Waals surface area contributed by atoms with Gasteiger partial charge in [-0.25, -0.2) is 14.4 Å². The molecule has 3 heterocycles. The van der Waals surface area contributed by atoms with Crippen molar-refractivity contribution in [3.05, 3.63) is 102 Å². The Morgan fingerprint density at radius 3 is 2.56 bits per heavy atom. The van der Waals surface area contributed by atoms with Crippen molar-refractivity contribution in [3.8, 4) is 22.6 Å². The Kier molecular flexibility index (Phi) is 5.65. The highest BCUT2D eigenvalue weighted by atomic mass is 19.1. The quantitative estimate of drug-likeness (QED) is 0.385. The van der Waals surface area contributed by atoms with Crippen LogP contribution in [0.4, 0.5) is 10.3 Å². The number of H-pyrrole nitrogens is 1. The molecular weight excluding hydrogens is 433 g/mol. The summed E-state index contributed by atoms with van der Waals surface area (Å²) in [5.41, 5.74) is 3.26. The van der Waals surface area contributed by atoms with Crippen LogP contribution in [0, 0.1) is 5.82 Å². The monoisotopic (exact) mass is 453 g/mol. The first kappa shape index (κ1) is 21.2. The van der Waals surface area contributed by atoms with Crippen LogP contribution in [-0.2, 0) is 0 Å². The summed E-state index contributed by atoms with van der Waals surface area (Å²) in [6, 6.07) is 20.8. The van der Waals surface area contributed by atoms with Crippen LogP contribution in [0.15, 0.2) is 85.2 Å². The number of hydrogen-bond donors (Lipinski definition) is 2. The topological polar surface area (TPSA) is 101 Å². The van der Waals surface area contributed by atoms with Crippen molar-refractivity contribution in [3.63, 3.8) is 0 Å². The molecule has 0 fully saturated rings. The summed E-state index contributed by atoms with van der Waals surface area (Å²) in [4.78, 5) is 25.0. The second-order valence-electron chi connectivity index (χ2n) is 7.64. The number of carbonyl (C=O) groups excluding carboxylic acids is 1. The van der Waals surface area contributed by atoms with Crippen LogP contribution < -0.4 is 5.32 Å². The van der Waals surface area contributed by atoms with Gasteiger partial charge in [0.25, 0.3) is 5.91 Å². The number of aromatic nitrogens is 6. The van der Waals surface area contributed by atoms with Gasteiger partial charge in [0, 0.05) is 18.0 Å². The van der Waals surface area contributed by atoms with Gasteiger partial charge in [-0.3, -0.25) is 4.79 Å². The summed E-state index contributed by atoms with van der Waals surface area (Å²) < 4.78 is 14.7. The Balaban J connectivity index is 1.58. The predicted octanol–water partition coefficient (Wildman–Crippen LogP) is 4.73. The highest BCUT2D eigenvalue weighted by Gasteiger charge is 2.24. The van der Waals surface area contributed by atoms with Crippen molar-refractivity contribution in [1.82, 2.24) is 29.9 Å². The summed E-state index contributed by atoms with van der Waals surface area (Å²) in [5, 5.41) is 11.6. The minimum Gasteiger partial charge on any atom is -0.357 e. The van der Waals surface area contributed by atoms with Crippen molar-refractivity contribution in [2.75, 3.05) is 5.32 Å². The van der Waals surface area contributed by atoms with Crippen LogP contribution in [0.3, 0.4) is 0 Å². The van der Waals surface area contributed by atoms with Crippen LogP contribution >= 0.6 is 0 Å². The third-order valence-corrected chi connectivity index (χ3v) is 5.35. The first-order valence-electron chi connectivity index (χ1n) is 10.6. The lowest BCUT2D eigenvalue weighted by atomic mass is 10.1. The molecule has 0 spiro atoms. The molecule has 1 atom stereocenters. The van der Waals surface area contributed by atoms with E-state index in [1.54, 1.807) is 42.7 Å². The van der Waals surface area contributed by atoms with Crippen molar-refractivity contribution in [2.45, 2.75) is 13.0 Å². The molecule has 2 aromatic carbocycles. The smallest absolute Gasteiger partial charge is 0.296 e. The van der Waals surface area contributed by atoms with Gasteiger partial charge in [-0.15, -0.1) is 5.10 Å². The van der Waals surface area contributed by atoms with E-state index in [0.717, 1.165) is 5.56 Å². The van der Waals surface area contributed by atoms with Crippen molar-refractivity contribution in [2.24, 2.45) is 0 Å². The molecule has 9 heteroatoms. The first-order valence-corrected chi connectivity index (χ1v) is 10.6. The lowest BCUT2D eigenvalue weighted by Gasteiger charge is -2.15. The molecule has 5 rings (SSSR count). The molecular formula is C25H20FN7O. The third-order valence-electron chi connectivity index (χ3n) is 5.35. The maximum absolute atomic E-state index is 13.5. The Labute approximate surface area is 194 Å². The Bertz CT molecular complexity index is 1410. The van der Waals surface area contributed by atoms with Crippen LogP contribution in [-0.4, -0.2) is 35.9 Å². The molecule has 0 saturated heterocycles. The molecule has 0 radical (unpaired) electrons. The van der Waals surface area contributed by atoms with Crippen molar-refractivity contribution < 1.29 is 9.18 Å². The van der Waals surface area contributed by atoms with Gasteiger partial charge < -0.3 is 10.3 Å². The van der Waals surface area contributed by atoms with E-state index in [9.17, 15) is 9.18 Å². The second kappa shape index (κ2) is 9.07. The van der Waals surface area contributed by atoms with Gasteiger partial charge in [0.1, 0.15) is 22.9 Å². The van der Waals surface area contributed by atoms with Gasteiger partial charge in [0.05, 0.1) is 11.7 Å². The zero-order chi connectivity index (χ0) is 23.5. The molecule has 3 aromatic heterocycles. The number of rotatable bonds is 6. The maximum Gasteiger partial charge on any atom is 0.296 e. The molecule has 0 aliphatic rings. The van der Waals surface area contributed by atoms with Gasteiger partial charge in [-0.1, -0.05) is 35.5 Å². The standard InChI is InChI=1S/C25H20FN7O/c1-16(17-6-3-2-4-7-17)29-25-28-15-13-20(30-25)23-22(18-9-11-19(26)12-10-18)31-32-33(23)24(34)21-8-5-14-27-21/h2-16,27H,1H3,(H,28,29,30)/t16-/m0/s1. The van der Waals surface area contributed by atoms with E-state index in [0.29, 0.717) is 34.3 Å². The highest BCUT2D eigenvalue weighted by molar-refractivity contribution is 5.97. The predicted molar refractivity (Wildman–Crippen MR) is 125 cm³/mol. The molecule has 5 aromatic rings. The molecule has 0 saturated carbocycles. The fourth-order valence-electron chi connectivity index (χ4n) is 3.61. The average molecular weight is 453 g/mol. The Morgan fingerprint density at radius 2 is 1.82 bits per heavy atom. The number of hydrogen-bond acceptors (Lipinski definition) is 6. The van der Waals surface area contributed by atoms with Crippen LogP contribution in [0.5, 0.6) is 0 Å². The van der Waals surface area contributed by atoms with Gasteiger partial charge in [0.15, 0.2) is 0 Å². The fourth-order valence-corrected chi connectivity index (χ4v) is 3.61. The van der Waals surface area contributed by atoms with E-state index in [1.165, 1.54) is 16.8 Å². The number of benzene rings is 2. The number of halogens is 1. The van der Waals surface area contributed by atoms with E-state index < -0.39 is 5.91 Å². The summed E-state index contributed by atoms with van der Waals surface area (Å²) in [6.45, 7) is 2.01. The summed E-state index contributed by atoms with van der Waals surface area (Å²) in [6.07, 6.45) is 3.26. The molecule has 8 nitrogen and oxygen atoms in total. The summed E-state index contributed by atoms with van der Waals surface area (Å²) in [5.74, 6) is -0.380. The highest BCUT2D eigenvalue weighted by Crippen LogP contribution is 2.30. The number of nitrogens with zero attached hydrogens (tertiary/aromatic N) is 5. The van der Waals surface area contributed by atoms with Gasteiger partial charge in [-0.05, 0) is 55.0 Å². The Morgan fingerprint density at radius 1 is 1.03 bits per heavy atom. The van der Waals surface area contributed by atoms with Crippen LogP contribution in [0.25, 0.3) is 22.6 Å². The van der Waals surface area contributed by atoms with E-state index in [2.05, 4.69) is 30.6 Å². The number of carbonyl (C=O) groups is 1. The fraction of sp³-hybridized carbons (Fsp3) is 0.0800. The zero-order valence-corrected chi connectivity index (χ0v) is 18.2. The molecule has 0 aliphatic heterocycles. The molecule has 0 amide bonds. The SMILES string of the molecule is C[C@H](Nc1nccc(-c2c(-c3ccc(F)cc3)nnn2C(=O)c2ccc[nH]2)n1)c1ccccc1. The van der Waals surface area contributed by atoms with E-state index in [4.69, 9.17) is 0 Å². The zero-order valence-electron chi connectivity index (χ0n) is 18.2. The molecule has 2 N–H and O–H groups in total. The number of anilines is 1. The van der Waals surface area contributed by atoms with E-state index in [1.807, 2.05) is 37.3 Å². The molecule has 0 aliphatic carbocycles. The minimum atomic E-state index is -0.397. The minimum absolute atomic E-state index is 0.0448.